The van der Waals surface area contributed by atoms with Gasteiger partial charge in [-0.15, -0.1) is 0 Å². The lowest BCUT2D eigenvalue weighted by atomic mass is 10.0. The van der Waals surface area contributed by atoms with Gasteiger partial charge in [-0.3, -0.25) is 0 Å². The Morgan fingerprint density at radius 1 is 1.50 bits per heavy atom. The van der Waals surface area contributed by atoms with Gasteiger partial charge in [0.15, 0.2) is 0 Å². The number of hydrogen-bond donors (Lipinski definition) is 0. The minimum atomic E-state index is -4.70. The maximum absolute atomic E-state index is 12.6. The van der Waals surface area contributed by atoms with Crippen LogP contribution in [-0.2, 0) is 10.9 Å². The second-order valence-corrected chi connectivity index (χ2v) is 3.61. The molecule has 0 heterocycles. The van der Waals surface area contributed by atoms with Crippen molar-refractivity contribution in [2.24, 2.45) is 0 Å². The fraction of sp³-hybridized carbons (Fsp3) is 0.273. The molecular weight excluding hydrogens is 271 g/mol. The number of ether oxygens (including phenoxy) is 1. The van der Waals surface area contributed by atoms with E-state index in [0.29, 0.717) is 6.07 Å². The number of carbonyl (C=O) groups is 1. The van der Waals surface area contributed by atoms with Crippen LogP contribution in [0.4, 0.5) is 13.2 Å². The smallest absolute Gasteiger partial charge is 0.417 e. The van der Waals surface area contributed by atoms with Crippen LogP contribution in [-0.4, -0.2) is 12.6 Å². The number of esters is 1. The van der Waals surface area contributed by atoms with Crippen molar-refractivity contribution in [2.45, 2.75) is 13.1 Å². The first-order valence-corrected chi connectivity index (χ1v) is 5.17. The molecule has 0 radical (unpaired) electrons. The normalized spacial score (nSPS) is 10.9. The van der Waals surface area contributed by atoms with Gasteiger partial charge in [-0.2, -0.15) is 18.4 Å². The average Bonchev–Trinajstić information content (AvgIpc) is 2.27. The van der Waals surface area contributed by atoms with Gasteiger partial charge in [0.2, 0.25) is 0 Å². The molecule has 0 bridgehead atoms. The second kappa shape index (κ2) is 5.27. The number of benzene rings is 1. The predicted octanol–water partition coefficient (Wildman–Crippen LogP) is 3.41. The van der Waals surface area contributed by atoms with Crippen LogP contribution in [0.1, 0.15) is 28.4 Å². The molecule has 0 aliphatic heterocycles. The lowest BCUT2D eigenvalue weighted by Crippen LogP contribution is -2.12. The Morgan fingerprint density at radius 3 is 2.56 bits per heavy atom. The second-order valence-electron chi connectivity index (χ2n) is 3.21. The van der Waals surface area contributed by atoms with E-state index in [2.05, 4.69) is 4.74 Å². The van der Waals surface area contributed by atoms with Crippen molar-refractivity contribution in [3.8, 4) is 6.07 Å². The molecule has 3 nitrogen and oxygen atoms in total. The fourth-order valence-corrected chi connectivity index (χ4v) is 1.53. The zero-order valence-electron chi connectivity index (χ0n) is 9.14. The number of nitriles is 1. The molecule has 0 fully saturated rings. The summed E-state index contributed by atoms with van der Waals surface area (Å²) in [6.45, 7) is 1.50. The van der Waals surface area contributed by atoms with Crippen molar-refractivity contribution >= 4 is 17.6 Å². The highest BCUT2D eigenvalue weighted by Crippen LogP contribution is 2.36. The molecule has 7 heteroatoms. The van der Waals surface area contributed by atoms with E-state index in [-0.39, 0.29) is 12.2 Å². The molecule has 0 N–H and O–H groups in total. The summed E-state index contributed by atoms with van der Waals surface area (Å²) in [5, 5.41) is 8.12. The van der Waals surface area contributed by atoms with Crippen molar-refractivity contribution in [3.63, 3.8) is 0 Å². The zero-order chi connectivity index (χ0) is 13.9. The monoisotopic (exact) mass is 277 g/mol. The molecule has 0 amide bonds. The molecule has 1 aromatic carbocycles. The van der Waals surface area contributed by atoms with Gasteiger partial charge in [0, 0.05) is 0 Å². The zero-order valence-corrected chi connectivity index (χ0v) is 9.89. The van der Waals surface area contributed by atoms with Crippen molar-refractivity contribution in [1.29, 1.82) is 5.26 Å². The first-order chi connectivity index (χ1) is 8.31. The van der Waals surface area contributed by atoms with Crippen molar-refractivity contribution in [1.82, 2.24) is 0 Å². The van der Waals surface area contributed by atoms with Gasteiger partial charge in [0.25, 0.3) is 0 Å². The molecule has 1 aromatic rings. The summed E-state index contributed by atoms with van der Waals surface area (Å²) in [5.41, 5.74) is -1.88. The molecular formula is C11H7ClF3NO2. The number of halogens is 4. The number of nitrogens with zero attached hydrogens (tertiary/aromatic N) is 1. The Morgan fingerprint density at radius 2 is 2.11 bits per heavy atom. The Balaban J connectivity index is 3.42. The van der Waals surface area contributed by atoms with Crippen LogP contribution in [0.2, 0.25) is 5.02 Å². The highest BCUT2D eigenvalue weighted by molar-refractivity contribution is 6.31. The molecule has 1 rings (SSSR count). The van der Waals surface area contributed by atoms with Gasteiger partial charge in [-0.25, -0.2) is 4.79 Å². The third-order valence-electron chi connectivity index (χ3n) is 2.03. The van der Waals surface area contributed by atoms with E-state index in [9.17, 15) is 18.0 Å². The third kappa shape index (κ3) is 2.93. The van der Waals surface area contributed by atoms with Crippen LogP contribution in [0, 0.1) is 11.3 Å². The SMILES string of the molecule is CCOC(=O)c1cc(C(F)(F)F)c(Cl)cc1C#N. The van der Waals surface area contributed by atoms with E-state index < -0.39 is 28.3 Å². The Bertz CT molecular complexity index is 520. The van der Waals surface area contributed by atoms with Gasteiger partial charge in [-0.1, -0.05) is 11.6 Å². The molecule has 0 unspecified atom stereocenters. The molecule has 0 saturated heterocycles. The van der Waals surface area contributed by atoms with Crippen LogP contribution >= 0.6 is 11.6 Å². The summed E-state index contributed by atoms with van der Waals surface area (Å²) in [7, 11) is 0. The lowest BCUT2D eigenvalue weighted by molar-refractivity contribution is -0.137. The van der Waals surface area contributed by atoms with E-state index >= 15 is 0 Å². The first-order valence-electron chi connectivity index (χ1n) is 4.79. The van der Waals surface area contributed by atoms with Crippen molar-refractivity contribution in [2.75, 3.05) is 6.61 Å². The molecule has 0 saturated carbocycles. The molecule has 96 valence electrons. The van der Waals surface area contributed by atoms with Crippen molar-refractivity contribution < 1.29 is 22.7 Å². The summed E-state index contributed by atoms with van der Waals surface area (Å²) >= 11 is 5.42. The molecule has 0 aliphatic rings. The summed E-state index contributed by atoms with van der Waals surface area (Å²) in [5.74, 6) is -0.990. The van der Waals surface area contributed by atoms with Crippen LogP contribution in [0.25, 0.3) is 0 Å². The summed E-state index contributed by atoms with van der Waals surface area (Å²) in [6.07, 6.45) is -4.70. The van der Waals surface area contributed by atoms with Crippen LogP contribution in [0.5, 0.6) is 0 Å². The van der Waals surface area contributed by atoms with Gasteiger partial charge >= 0.3 is 12.1 Å². The molecule has 0 atom stereocenters. The van der Waals surface area contributed by atoms with E-state index in [1.54, 1.807) is 6.07 Å². The van der Waals surface area contributed by atoms with Crippen LogP contribution < -0.4 is 0 Å². The Kier molecular flexibility index (Phi) is 4.19. The molecule has 0 spiro atoms. The largest absolute Gasteiger partial charge is 0.462 e. The summed E-state index contributed by atoms with van der Waals surface area (Å²) in [4.78, 5) is 11.4. The summed E-state index contributed by atoms with van der Waals surface area (Å²) in [6, 6.07) is 2.93. The maximum Gasteiger partial charge on any atom is 0.417 e. The summed E-state index contributed by atoms with van der Waals surface area (Å²) < 4.78 is 42.4. The average molecular weight is 278 g/mol. The van der Waals surface area contributed by atoms with E-state index in [1.165, 1.54) is 6.92 Å². The predicted molar refractivity (Wildman–Crippen MR) is 57.1 cm³/mol. The van der Waals surface area contributed by atoms with Crippen molar-refractivity contribution in [3.05, 3.63) is 33.8 Å². The Labute approximate surface area is 106 Å². The van der Waals surface area contributed by atoms with Gasteiger partial charge < -0.3 is 4.74 Å². The lowest BCUT2D eigenvalue weighted by Gasteiger charge is -2.11. The topological polar surface area (TPSA) is 50.1 Å². The standard InChI is InChI=1S/C11H7ClF3NO2/c1-2-18-10(17)7-4-8(11(13,14)15)9(12)3-6(7)5-16/h3-4H,2H2,1H3. The maximum atomic E-state index is 12.6. The highest BCUT2D eigenvalue weighted by atomic mass is 35.5. The molecule has 0 aliphatic carbocycles. The number of rotatable bonds is 2. The fourth-order valence-electron chi connectivity index (χ4n) is 1.26. The van der Waals surface area contributed by atoms with Gasteiger partial charge in [0.05, 0.1) is 28.3 Å². The van der Waals surface area contributed by atoms with E-state index in [4.69, 9.17) is 16.9 Å². The van der Waals surface area contributed by atoms with E-state index in [0.717, 1.165) is 6.07 Å². The van der Waals surface area contributed by atoms with Gasteiger partial charge in [0.1, 0.15) is 6.07 Å². The van der Waals surface area contributed by atoms with Crippen LogP contribution in [0.3, 0.4) is 0 Å². The highest BCUT2D eigenvalue weighted by Gasteiger charge is 2.35. The number of hydrogen-bond acceptors (Lipinski definition) is 3. The minimum absolute atomic E-state index is 0.00627. The number of alkyl halides is 3. The molecule has 0 aromatic heterocycles. The molecule has 18 heavy (non-hydrogen) atoms. The quantitative estimate of drug-likeness (QED) is 0.778. The Hall–Kier alpha value is -1.74. The van der Waals surface area contributed by atoms with Crippen LogP contribution in [0.15, 0.2) is 12.1 Å². The third-order valence-corrected chi connectivity index (χ3v) is 2.34. The number of carbonyl (C=O) groups excluding carboxylic acids is 1. The van der Waals surface area contributed by atoms with E-state index in [1.807, 2.05) is 0 Å². The minimum Gasteiger partial charge on any atom is -0.462 e. The first kappa shape index (κ1) is 14.3. The van der Waals surface area contributed by atoms with Gasteiger partial charge in [-0.05, 0) is 19.1 Å².